The first kappa shape index (κ1) is 12.8. The molecule has 0 atom stereocenters. The van der Waals surface area contributed by atoms with Crippen LogP contribution in [0.2, 0.25) is 0 Å². The van der Waals surface area contributed by atoms with E-state index in [2.05, 4.69) is 5.32 Å². The molecular formula is C16H12FNOS. The highest BCUT2D eigenvalue weighted by Crippen LogP contribution is 2.26. The normalized spacial score (nSPS) is 10.7. The van der Waals surface area contributed by atoms with E-state index in [0.29, 0.717) is 16.1 Å². The SMILES string of the molecule is Cc1ccc(NC(=O)c2cc3ccccc3s2)cc1F. The summed E-state index contributed by atoms with van der Waals surface area (Å²) in [6.07, 6.45) is 0. The van der Waals surface area contributed by atoms with Crippen LogP contribution in [-0.4, -0.2) is 5.91 Å². The van der Waals surface area contributed by atoms with E-state index in [-0.39, 0.29) is 11.7 Å². The molecule has 2 nitrogen and oxygen atoms in total. The summed E-state index contributed by atoms with van der Waals surface area (Å²) in [6, 6.07) is 14.3. The van der Waals surface area contributed by atoms with Gasteiger partial charge < -0.3 is 5.32 Å². The van der Waals surface area contributed by atoms with Crippen LogP contribution in [0.15, 0.2) is 48.5 Å². The van der Waals surface area contributed by atoms with Crippen LogP contribution < -0.4 is 5.32 Å². The van der Waals surface area contributed by atoms with Gasteiger partial charge in [-0.1, -0.05) is 24.3 Å². The van der Waals surface area contributed by atoms with Gasteiger partial charge in [-0.05, 0) is 42.1 Å². The third-order valence-electron chi connectivity index (χ3n) is 3.08. The highest BCUT2D eigenvalue weighted by molar-refractivity contribution is 7.20. The topological polar surface area (TPSA) is 29.1 Å². The zero-order valence-corrected chi connectivity index (χ0v) is 11.6. The fourth-order valence-corrected chi connectivity index (χ4v) is 2.92. The Balaban J connectivity index is 1.86. The molecule has 1 aromatic heterocycles. The Morgan fingerprint density at radius 2 is 1.95 bits per heavy atom. The molecule has 0 bridgehead atoms. The van der Waals surface area contributed by atoms with Crippen molar-refractivity contribution in [3.8, 4) is 0 Å². The number of amides is 1. The second-order valence-electron chi connectivity index (χ2n) is 4.57. The maximum Gasteiger partial charge on any atom is 0.265 e. The van der Waals surface area contributed by atoms with Gasteiger partial charge in [-0.15, -0.1) is 11.3 Å². The highest BCUT2D eigenvalue weighted by Gasteiger charge is 2.11. The first-order valence-electron chi connectivity index (χ1n) is 6.19. The highest BCUT2D eigenvalue weighted by atomic mass is 32.1. The summed E-state index contributed by atoms with van der Waals surface area (Å²) in [5.74, 6) is -0.534. The number of aryl methyl sites for hydroxylation is 1. The van der Waals surface area contributed by atoms with E-state index in [1.54, 1.807) is 19.1 Å². The van der Waals surface area contributed by atoms with E-state index in [1.165, 1.54) is 17.4 Å². The Labute approximate surface area is 119 Å². The molecule has 0 spiro atoms. The number of hydrogen-bond donors (Lipinski definition) is 1. The summed E-state index contributed by atoms with van der Waals surface area (Å²) in [4.78, 5) is 12.8. The molecule has 1 amide bonds. The largest absolute Gasteiger partial charge is 0.321 e. The van der Waals surface area contributed by atoms with Crippen LogP contribution >= 0.6 is 11.3 Å². The third-order valence-corrected chi connectivity index (χ3v) is 4.19. The van der Waals surface area contributed by atoms with Gasteiger partial charge >= 0.3 is 0 Å². The van der Waals surface area contributed by atoms with Gasteiger partial charge in [0.1, 0.15) is 5.82 Å². The first-order chi connectivity index (χ1) is 9.63. The van der Waals surface area contributed by atoms with Crippen molar-refractivity contribution in [2.24, 2.45) is 0 Å². The van der Waals surface area contributed by atoms with Gasteiger partial charge in [-0.2, -0.15) is 0 Å². The van der Waals surface area contributed by atoms with Crippen LogP contribution in [0.25, 0.3) is 10.1 Å². The van der Waals surface area contributed by atoms with Crippen LogP contribution in [0.5, 0.6) is 0 Å². The van der Waals surface area contributed by atoms with Crippen molar-refractivity contribution in [2.75, 3.05) is 5.32 Å². The molecular weight excluding hydrogens is 273 g/mol. The Kier molecular flexibility index (Phi) is 3.24. The molecule has 0 aliphatic carbocycles. The Morgan fingerprint density at radius 3 is 2.70 bits per heavy atom. The van der Waals surface area contributed by atoms with Gasteiger partial charge in [0, 0.05) is 10.4 Å². The van der Waals surface area contributed by atoms with Gasteiger partial charge in [-0.3, -0.25) is 4.79 Å². The van der Waals surface area contributed by atoms with E-state index >= 15 is 0 Å². The molecule has 3 aromatic rings. The van der Waals surface area contributed by atoms with Gasteiger partial charge in [0.15, 0.2) is 0 Å². The van der Waals surface area contributed by atoms with Crippen LogP contribution in [0, 0.1) is 12.7 Å². The fraction of sp³-hybridized carbons (Fsp3) is 0.0625. The number of benzene rings is 2. The summed E-state index contributed by atoms with van der Waals surface area (Å²) in [5, 5.41) is 3.76. The van der Waals surface area contributed by atoms with Gasteiger partial charge in [0.2, 0.25) is 0 Å². The second kappa shape index (κ2) is 5.06. The van der Waals surface area contributed by atoms with Gasteiger partial charge in [0.05, 0.1) is 4.88 Å². The molecule has 1 heterocycles. The third kappa shape index (κ3) is 2.42. The van der Waals surface area contributed by atoms with Crippen LogP contribution in [0.1, 0.15) is 15.2 Å². The maximum absolute atomic E-state index is 13.5. The smallest absolute Gasteiger partial charge is 0.265 e. The Bertz CT molecular complexity index is 761. The number of halogens is 1. The van der Waals surface area contributed by atoms with Gasteiger partial charge in [0.25, 0.3) is 5.91 Å². The lowest BCUT2D eigenvalue weighted by molar-refractivity contribution is 0.103. The first-order valence-corrected chi connectivity index (χ1v) is 7.01. The number of anilines is 1. The fourth-order valence-electron chi connectivity index (χ4n) is 1.96. The molecule has 4 heteroatoms. The van der Waals surface area contributed by atoms with Crippen molar-refractivity contribution in [2.45, 2.75) is 6.92 Å². The molecule has 0 aliphatic rings. The minimum atomic E-state index is -0.320. The molecule has 0 radical (unpaired) electrons. The average molecular weight is 285 g/mol. The molecule has 0 aliphatic heterocycles. The minimum Gasteiger partial charge on any atom is -0.321 e. The van der Waals surface area contributed by atoms with Crippen molar-refractivity contribution < 1.29 is 9.18 Å². The molecule has 3 rings (SSSR count). The predicted molar refractivity (Wildman–Crippen MR) is 80.9 cm³/mol. The summed E-state index contributed by atoms with van der Waals surface area (Å²) in [5.41, 5.74) is 1.03. The summed E-state index contributed by atoms with van der Waals surface area (Å²) in [6.45, 7) is 1.69. The molecule has 1 N–H and O–H groups in total. The molecule has 0 saturated carbocycles. The Hall–Kier alpha value is -2.20. The lowest BCUT2D eigenvalue weighted by atomic mass is 10.2. The number of nitrogens with one attached hydrogen (secondary N) is 1. The van der Waals surface area contributed by atoms with Crippen molar-refractivity contribution in [3.05, 3.63) is 64.8 Å². The van der Waals surface area contributed by atoms with Crippen LogP contribution in [-0.2, 0) is 0 Å². The monoisotopic (exact) mass is 285 g/mol. The van der Waals surface area contributed by atoms with Crippen molar-refractivity contribution in [1.29, 1.82) is 0 Å². The van der Waals surface area contributed by atoms with Gasteiger partial charge in [-0.25, -0.2) is 4.39 Å². The Morgan fingerprint density at radius 1 is 1.15 bits per heavy atom. The average Bonchev–Trinajstić information content (AvgIpc) is 2.87. The van der Waals surface area contributed by atoms with E-state index in [4.69, 9.17) is 0 Å². The van der Waals surface area contributed by atoms with E-state index in [1.807, 2.05) is 30.3 Å². The zero-order valence-electron chi connectivity index (χ0n) is 10.8. The molecule has 20 heavy (non-hydrogen) atoms. The number of thiophene rings is 1. The summed E-state index contributed by atoms with van der Waals surface area (Å²) in [7, 11) is 0. The predicted octanol–water partition coefficient (Wildman–Crippen LogP) is 4.60. The lowest BCUT2D eigenvalue weighted by Gasteiger charge is -2.04. The standard InChI is InChI=1S/C16H12FNOS/c1-10-6-7-12(9-13(10)17)18-16(19)15-8-11-4-2-3-5-14(11)20-15/h2-9H,1H3,(H,18,19). The lowest BCUT2D eigenvalue weighted by Crippen LogP contribution is -2.10. The van der Waals surface area contributed by atoms with Crippen LogP contribution in [0.4, 0.5) is 10.1 Å². The summed E-state index contributed by atoms with van der Waals surface area (Å²) >= 11 is 1.43. The maximum atomic E-state index is 13.5. The number of carbonyl (C=O) groups excluding carboxylic acids is 1. The number of fused-ring (bicyclic) bond motifs is 1. The molecule has 100 valence electrons. The number of carbonyl (C=O) groups is 1. The van der Waals surface area contributed by atoms with Crippen molar-refractivity contribution in [3.63, 3.8) is 0 Å². The molecule has 0 unspecified atom stereocenters. The van der Waals surface area contributed by atoms with E-state index < -0.39 is 0 Å². The van der Waals surface area contributed by atoms with Crippen molar-refractivity contribution >= 4 is 33.0 Å². The minimum absolute atomic E-state index is 0.213. The number of hydrogen-bond acceptors (Lipinski definition) is 2. The van der Waals surface area contributed by atoms with Crippen molar-refractivity contribution in [1.82, 2.24) is 0 Å². The molecule has 2 aromatic carbocycles. The summed E-state index contributed by atoms with van der Waals surface area (Å²) < 4.78 is 14.5. The molecule has 0 saturated heterocycles. The zero-order chi connectivity index (χ0) is 14.1. The quantitative estimate of drug-likeness (QED) is 0.732. The molecule has 0 fully saturated rings. The second-order valence-corrected chi connectivity index (χ2v) is 5.65. The van der Waals surface area contributed by atoms with Crippen LogP contribution in [0.3, 0.4) is 0 Å². The van der Waals surface area contributed by atoms with E-state index in [0.717, 1.165) is 10.1 Å². The number of rotatable bonds is 2. The van der Waals surface area contributed by atoms with E-state index in [9.17, 15) is 9.18 Å².